The van der Waals surface area contributed by atoms with Gasteiger partial charge in [0, 0.05) is 6.04 Å². The average molecular weight is 406 g/mol. The number of thiophene rings is 2. The summed E-state index contributed by atoms with van der Waals surface area (Å²) >= 11 is 4.27. The molecule has 2 amide bonds. The van der Waals surface area contributed by atoms with Crippen molar-refractivity contribution in [2.24, 2.45) is 0 Å². The summed E-state index contributed by atoms with van der Waals surface area (Å²) in [6, 6.07) is 7.90. The molecule has 0 radical (unpaired) electrons. The van der Waals surface area contributed by atoms with E-state index in [9.17, 15) is 9.59 Å². The Morgan fingerprint density at radius 1 is 1.15 bits per heavy atom. The lowest BCUT2D eigenvalue weighted by Gasteiger charge is -2.08. The normalized spacial score (nSPS) is 13.5. The van der Waals surface area contributed by atoms with E-state index < -0.39 is 0 Å². The van der Waals surface area contributed by atoms with Crippen molar-refractivity contribution in [2.45, 2.75) is 24.0 Å². The maximum atomic E-state index is 12.0. The van der Waals surface area contributed by atoms with Gasteiger partial charge < -0.3 is 0 Å². The number of carbonyl (C=O) groups excluding carboxylic acids is 2. The Balaban J connectivity index is 1.36. The summed E-state index contributed by atoms with van der Waals surface area (Å²) in [5.41, 5.74) is 4.85. The number of carbonyl (C=O) groups is 2. The standard InChI is InChI=1S/C16H15N5O2S3/c22-13(17-19-15(23)12-4-2-8-25-12)9-26-16-20-18-14(11-3-1-7-24-11)21(16)10-5-6-10/h1-4,7-8,10H,5-6,9H2,(H,17,22)(H,19,23). The van der Waals surface area contributed by atoms with Crippen LogP contribution in [0.25, 0.3) is 10.7 Å². The molecule has 0 atom stereocenters. The first-order valence-corrected chi connectivity index (χ1v) is 10.7. The van der Waals surface area contributed by atoms with Crippen molar-refractivity contribution in [2.75, 3.05) is 5.75 Å². The smallest absolute Gasteiger partial charge is 0.279 e. The van der Waals surface area contributed by atoms with E-state index in [2.05, 4.69) is 25.6 Å². The Morgan fingerprint density at radius 3 is 2.65 bits per heavy atom. The fourth-order valence-corrected chi connectivity index (χ4v) is 4.50. The number of nitrogens with zero attached hydrogens (tertiary/aromatic N) is 3. The molecule has 1 saturated carbocycles. The van der Waals surface area contributed by atoms with E-state index in [0.29, 0.717) is 10.9 Å². The van der Waals surface area contributed by atoms with Crippen LogP contribution in [0.15, 0.2) is 40.2 Å². The van der Waals surface area contributed by atoms with E-state index in [1.165, 1.54) is 23.1 Å². The van der Waals surface area contributed by atoms with Gasteiger partial charge >= 0.3 is 0 Å². The van der Waals surface area contributed by atoms with Gasteiger partial charge in [-0.2, -0.15) is 0 Å². The Bertz CT molecular complexity index is 901. The SMILES string of the molecule is O=C(CSc1nnc(-c2cccs2)n1C1CC1)NNC(=O)c1cccs1. The van der Waals surface area contributed by atoms with Gasteiger partial charge in [0.25, 0.3) is 5.91 Å². The number of amides is 2. The number of hydrogen-bond donors (Lipinski definition) is 2. The summed E-state index contributed by atoms with van der Waals surface area (Å²) in [7, 11) is 0. The summed E-state index contributed by atoms with van der Waals surface area (Å²) in [6.07, 6.45) is 2.21. The topological polar surface area (TPSA) is 88.9 Å². The molecule has 3 heterocycles. The molecule has 3 aromatic heterocycles. The number of hydrogen-bond acceptors (Lipinski definition) is 7. The van der Waals surface area contributed by atoms with Crippen molar-refractivity contribution < 1.29 is 9.59 Å². The van der Waals surface area contributed by atoms with Gasteiger partial charge in [-0.15, -0.1) is 32.9 Å². The molecule has 1 aliphatic carbocycles. The minimum Gasteiger partial charge on any atom is -0.298 e. The molecule has 3 aromatic rings. The molecule has 0 bridgehead atoms. The second-order valence-corrected chi connectivity index (χ2v) is 8.49. The van der Waals surface area contributed by atoms with Crippen molar-refractivity contribution in [1.29, 1.82) is 0 Å². The van der Waals surface area contributed by atoms with Crippen LogP contribution in [-0.4, -0.2) is 32.3 Å². The lowest BCUT2D eigenvalue weighted by molar-refractivity contribution is -0.119. The summed E-state index contributed by atoms with van der Waals surface area (Å²) in [5.74, 6) is 0.402. The number of nitrogens with one attached hydrogen (secondary N) is 2. The first-order valence-electron chi connectivity index (χ1n) is 7.96. The van der Waals surface area contributed by atoms with E-state index in [-0.39, 0.29) is 17.6 Å². The first kappa shape index (κ1) is 17.3. The minimum atomic E-state index is -0.320. The van der Waals surface area contributed by atoms with Gasteiger partial charge in [0.15, 0.2) is 11.0 Å². The van der Waals surface area contributed by atoms with Crippen LogP contribution in [-0.2, 0) is 4.79 Å². The van der Waals surface area contributed by atoms with Crippen LogP contribution in [0, 0.1) is 0 Å². The molecule has 0 aromatic carbocycles. The molecule has 1 fully saturated rings. The van der Waals surface area contributed by atoms with Crippen molar-refractivity contribution in [3.8, 4) is 10.7 Å². The van der Waals surface area contributed by atoms with Crippen LogP contribution < -0.4 is 10.9 Å². The van der Waals surface area contributed by atoms with E-state index in [1.807, 2.05) is 22.9 Å². The predicted molar refractivity (Wildman–Crippen MR) is 102 cm³/mol. The lowest BCUT2D eigenvalue weighted by Crippen LogP contribution is -2.42. The van der Waals surface area contributed by atoms with Gasteiger partial charge in [-0.3, -0.25) is 25.0 Å². The number of thioether (sulfide) groups is 1. The van der Waals surface area contributed by atoms with Gasteiger partial charge in [0.2, 0.25) is 5.91 Å². The zero-order valence-electron chi connectivity index (χ0n) is 13.5. The molecule has 134 valence electrons. The summed E-state index contributed by atoms with van der Waals surface area (Å²) in [5, 5.41) is 13.1. The van der Waals surface area contributed by atoms with E-state index in [1.54, 1.807) is 23.5 Å². The highest BCUT2D eigenvalue weighted by Crippen LogP contribution is 2.41. The van der Waals surface area contributed by atoms with Crippen LogP contribution in [0.4, 0.5) is 0 Å². The van der Waals surface area contributed by atoms with Gasteiger partial charge in [0.05, 0.1) is 15.5 Å². The third-order valence-corrected chi connectivity index (χ3v) is 6.39. The maximum Gasteiger partial charge on any atom is 0.279 e. The highest BCUT2D eigenvalue weighted by molar-refractivity contribution is 7.99. The van der Waals surface area contributed by atoms with Crippen molar-refractivity contribution in [3.05, 3.63) is 39.9 Å². The largest absolute Gasteiger partial charge is 0.298 e. The summed E-state index contributed by atoms with van der Waals surface area (Å²) in [4.78, 5) is 25.5. The fraction of sp³-hybridized carbons (Fsp3) is 0.250. The highest BCUT2D eigenvalue weighted by Gasteiger charge is 2.30. The zero-order chi connectivity index (χ0) is 17.9. The van der Waals surface area contributed by atoms with Crippen LogP contribution in [0.2, 0.25) is 0 Å². The lowest BCUT2D eigenvalue weighted by atomic mass is 10.4. The molecule has 26 heavy (non-hydrogen) atoms. The molecule has 0 spiro atoms. The van der Waals surface area contributed by atoms with Crippen LogP contribution in [0.1, 0.15) is 28.6 Å². The van der Waals surface area contributed by atoms with Crippen LogP contribution in [0.5, 0.6) is 0 Å². The Labute approximate surface area is 161 Å². The van der Waals surface area contributed by atoms with Gasteiger partial charge in [0.1, 0.15) is 0 Å². The number of hydrazine groups is 1. The zero-order valence-corrected chi connectivity index (χ0v) is 16.0. The molecule has 10 heteroatoms. The Kier molecular flexibility index (Phi) is 5.05. The second kappa shape index (κ2) is 7.60. The van der Waals surface area contributed by atoms with Crippen LogP contribution >= 0.6 is 34.4 Å². The molecule has 1 aliphatic rings. The Hall–Kier alpha value is -2.17. The third kappa shape index (κ3) is 3.81. The third-order valence-electron chi connectivity index (χ3n) is 3.71. The number of rotatable bonds is 6. The molecule has 0 saturated heterocycles. The van der Waals surface area contributed by atoms with E-state index in [0.717, 1.165) is 28.7 Å². The molecule has 0 unspecified atom stereocenters. The average Bonchev–Trinajstić information content (AvgIpc) is 3.11. The van der Waals surface area contributed by atoms with E-state index in [4.69, 9.17) is 0 Å². The summed E-state index contributed by atoms with van der Waals surface area (Å²) in [6.45, 7) is 0. The van der Waals surface area contributed by atoms with Crippen molar-refractivity contribution in [1.82, 2.24) is 25.6 Å². The van der Waals surface area contributed by atoms with Crippen molar-refractivity contribution in [3.63, 3.8) is 0 Å². The minimum absolute atomic E-state index is 0.153. The maximum absolute atomic E-state index is 12.0. The fourth-order valence-electron chi connectivity index (χ4n) is 2.37. The van der Waals surface area contributed by atoms with E-state index >= 15 is 0 Å². The highest BCUT2D eigenvalue weighted by atomic mass is 32.2. The predicted octanol–water partition coefficient (Wildman–Crippen LogP) is 2.96. The Morgan fingerprint density at radius 2 is 1.96 bits per heavy atom. The van der Waals surface area contributed by atoms with Gasteiger partial charge in [-0.05, 0) is 35.7 Å². The molecule has 0 aliphatic heterocycles. The molecular weight excluding hydrogens is 390 g/mol. The molecule has 7 nitrogen and oxygen atoms in total. The monoisotopic (exact) mass is 405 g/mol. The van der Waals surface area contributed by atoms with Gasteiger partial charge in [-0.1, -0.05) is 23.9 Å². The molecular formula is C16H15N5O2S3. The van der Waals surface area contributed by atoms with Gasteiger partial charge in [-0.25, -0.2) is 0 Å². The van der Waals surface area contributed by atoms with Crippen LogP contribution in [0.3, 0.4) is 0 Å². The molecule has 2 N–H and O–H groups in total. The quantitative estimate of drug-likeness (QED) is 0.486. The van der Waals surface area contributed by atoms with Crippen molar-refractivity contribution >= 4 is 46.2 Å². The number of aromatic nitrogens is 3. The summed E-state index contributed by atoms with van der Waals surface area (Å²) < 4.78 is 2.12. The first-order chi connectivity index (χ1) is 12.7. The second-order valence-electron chi connectivity index (χ2n) is 5.65. The molecule has 4 rings (SSSR count).